The molecule has 1 fully saturated rings. The Morgan fingerprint density at radius 1 is 1.44 bits per heavy atom. The highest BCUT2D eigenvalue weighted by Gasteiger charge is 2.66. The van der Waals surface area contributed by atoms with Crippen LogP contribution < -0.4 is 0 Å². The zero-order valence-electron chi connectivity index (χ0n) is 11.0. The van der Waals surface area contributed by atoms with E-state index in [1.807, 2.05) is 13.5 Å². The molecule has 1 saturated heterocycles. The van der Waals surface area contributed by atoms with Crippen molar-refractivity contribution in [2.75, 3.05) is 6.54 Å². The van der Waals surface area contributed by atoms with Gasteiger partial charge >= 0.3 is 8.32 Å². The zero-order chi connectivity index (χ0) is 13.6. The van der Waals surface area contributed by atoms with Gasteiger partial charge in [0.25, 0.3) is 11.4 Å². The third-order valence-corrected chi connectivity index (χ3v) is 7.29. The molecule has 7 heteroatoms. The maximum absolute atomic E-state index is 11.5. The molecule has 1 atom stereocenters. The van der Waals surface area contributed by atoms with E-state index in [1.54, 1.807) is 6.92 Å². The van der Waals surface area contributed by atoms with Crippen LogP contribution in [0.15, 0.2) is 4.99 Å². The molecular weight excluding hydrogens is 254 g/mol. The first kappa shape index (κ1) is 15.0. The van der Waals surface area contributed by atoms with Crippen molar-refractivity contribution in [1.82, 2.24) is 0 Å². The molecule has 18 heavy (non-hydrogen) atoms. The summed E-state index contributed by atoms with van der Waals surface area (Å²) in [7, 11) is -2.48. The van der Waals surface area contributed by atoms with E-state index in [1.165, 1.54) is 6.08 Å². The van der Waals surface area contributed by atoms with Gasteiger partial charge in [-0.3, -0.25) is 4.79 Å². The van der Waals surface area contributed by atoms with Crippen LogP contribution in [-0.2, 0) is 23.8 Å². The van der Waals surface area contributed by atoms with Crippen molar-refractivity contribution in [2.24, 2.45) is 4.99 Å². The Bertz CT molecular complexity index is 351. The average Bonchev–Trinajstić information content (AvgIpc) is 3.16. The number of isocyanates is 1. The molecule has 0 aromatic carbocycles. The van der Waals surface area contributed by atoms with E-state index in [0.717, 1.165) is 0 Å². The second kappa shape index (κ2) is 6.24. The number of carbonyl (C=O) groups is 1. The lowest BCUT2D eigenvalue weighted by atomic mass is 10.5. The van der Waals surface area contributed by atoms with E-state index < -0.39 is 13.7 Å². The van der Waals surface area contributed by atoms with Crippen LogP contribution in [0.2, 0.25) is 12.6 Å². The van der Waals surface area contributed by atoms with Crippen LogP contribution >= 0.6 is 0 Å². The third-order valence-electron chi connectivity index (χ3n) is 3.17. The molecule has 1 aliphatic heterocycles. The molecule has 0 bridgehead atoms. The number of aliphatic imine (C=N–C) groups is 1. The van der Waals surface area contributed by atoms with Gasteiger partial charge in [-0.15, -0.1) is 0 Å². The third kappa shape index (κ3) is 3.26. The Hall–Kier alpha value is -1.01. The zero-order valence-corrected chi connectivity index (χ0v) is 12.0. The quantitative estimate of drug-likeness (QED) is 0.168. The van der Waals surface area contributed by atoms with Crippen LogP contribution in [0.25, 0.3) is 0 Å². The summed E-state index contributed by atoms with van der Waals surface area (Å²) in [6.07, 6.45) is 3.12. The topological polar surface area (TPSA) is 80.8 Å². The van der Waals surface area contributed by atoms with Crippen LogP contribution in [0.4, 0.5) is 0 Å². The van der Waals surface area contributed by atoms with Gasteiger partial charge in [0.1, 0.15) is 0 Å². The largest absolute Gasteiger partial charge is 0.513 e. The Kier molecular flexibility index (Phi) is 5.22. The summed E-state index contributed by atoms with van der Waals surface area (Å²) in [4.78, 5) is 35.2. The van der Waals surface area contributed by atoms with Crippen molar-refractivity contribution in [3.8, 4) is 0 Å². The van der Waals surface area contributed by atoms with Gasteiger partial charge in [-0.25, -0.2) is 9.79 Å². The fraction of sp³-hybridized carbons (Fsp3) is 0.818. The second-order valence-electron chi connectivity index (χ2n) is 4.41. The molecule has 0 N–H and O–H groups in total. The normalized spacial score (nSPS) is 19.5. The first-order valence-corrected chi connectivity index (χ1v) is 8.77. The first-order chi connectivity index (χ1) is 8.53. The number of nitrogens with zero attached hydrogens (tertiary/aromatic N) is 1. The fourth-order valence-corrected chi connectivity index (χ4v) is 5.16. The molecule has 0 spiro atoms. The summed E-state index contributed by atoms with van der Waals surface area (Å²) >= 11 is 0. The summed E-state index contributed by atoms with van der Waals surface area (Å²) in [6, 6.07) is 0.651. The summed E-state index contributed by atoms with van der Waals surface area (Å²) in [5.74, 6) is -0.241. The minimum Gasteiger partial charge on any atom is -0.513 e. The average molecular weight is 273 g/mol. The SMILES string of the molecule is CCC(=O)O[Si](C)(CCCN=C=O)C1(CC)OO1. The van der Waals surface area contributed by atoms with Crippen molar-refractivity contribution in [3.63, 3.8) is 0 Å². The molecule has 1 aliphatic rings. The van der Waals surface area contributed by atoms with Crippen molar-refractivity contribution in [3.05, 3.63) is 0 Å². The minimum atomic E-state index is -2.48. The molecule has 0 aromatic heterocycles. The Balaban J connectivity index is 2.68. The molecule has 1 unspecified atom stereocenters. The van der Waals surface area contributed by atoms with Crippen LogP contribution in [0.5, 0.6) is 0 Å². The van der Waals surface area contributed by atoms with Gasteiger partial charge in [0.2, 0.25) is 6.08 Å². The maximum Gasteiger partial charge on any atom is 0.321 e. The van der Waals surface area contributed by atoms with E-state index >= 15 is 0 Å². The summed E-state index contributed by atoms with van der Waals surface area (Å²) < 4.78 is 5.60. The van der Waals surface area contributed by atoms with Crippen LogP contribution in [0, 0.1) is 0 Å². The lowest BCUT2D eigenvalue weighted by Gasteiger charge is -2.28. The highest BCUT2D eigenvalue weighted by molar-refractivity contribution is 6.76. The lowest BCUT2D eigenvalue weighted by molar-refractivity contribution is -0.135. The van der Waals surface area contributed by atoms with Gasteiger partial charge in [0.15, 0.2) is 0 Å². The van der Waals surface area contributed by atoms with E-state index in [9.17, 15) is 9.59 Å². The van der Waals surface area contributed by atoms with Crippen molar-refractivity contribution in [1.29, 1.82) is 0 Å². The predicted octanol–water partition coefficient (Wildman–Crippen LogP) is 1.85. The molecule has 102 valence electrons. The van der Waals surface area contributed by atoms with Crippen LogP contribution in [-0.4, -0.2) is 32.3 Å². The number of hydrogen-bond acceptors (Lipinski definition) is 6. The number of rotatable bonds is 8. The molecule has 0 amide bonds. The molecule has 0 radical (unpaired) electrons. The molecule has 6 nitrogen and oxygen atoms in total. The van der Waals surface area contributed by atoms with Crippen molar-refractivity contribution < 1.29 is 23.8 Å². The number of carbonyl (C=O) groups excluding carboxylic acids is 2. The molecule has 0 aliphatic carbocycles. The molecule has 0 saturated carbocycles. The Labute approximate surface area is 107 Å². The van der Waals surface area contributed by atoms with Gasteiger partial charge in [0, 0.05) is 12.8 Å². The minimum absolute atomic E-state index is 0.241. The van der Waals surface area contributed by atoms with E-state index in [4.69, 9.17) is 14.2 Å². The summed E-state index contributed by atoms with van der Waals surface area (Å²) in [5, 5.41) is 0. The van der Waals surface area contributed by atoms with Gasteiger partial charge in [-0.2, -0.15) is 9.78 Å². The van der Waals surface area contributed by atoms with Gasteiger partial charge in [0.05, 0.1) is 6.54 Å². The lowest BCUT2D eigenvalue weighted by Crippen LogP contribution is -2.51. The van der Waals surface area contributed by atoms with Crippen LogP contribution in [0.3, 0.4) is 0 Å². The highest BCUT2D eigenvalue weighted by atomic mass is 28.4. The van der Waals surface area contributed by atoms with Gasteiger partial charge < -0.3 is 4.43 Å². The van der Waals surface area contributed by atoms with Crippen molar-refractivity contribution in [2.45, 2.75) is 51.1 Å². The first-order valence-electron chi connectivity index (χ1n) is 6.16. The molecular formula is C11H19NO5Si. The number of hydrogen-bond donors (Lipinski definition) is 0. The van der Waals surface area contributed by atoms with E-state index in [-0.39, 0.29) is 5.97 Å². The second-order valence-corrected chi connectivity index (χ2v) is 8.34. The van der Waals surface area contributed by atoms with Crippen molar-refractivity contribution >= 4 is 20.4 Å². The summed E-state index contributed by atoms with van der Waals surface area (Å²) in [5.41, 5.74) is -0.720. The smallest absolute Gasteiger partial charge is 0.321 e. The Morgan fingerprint density at radius 3 is 2.56 bits per heavy atom. The van der Waals surface area contributed by atoms with Gasteiger partial charge in [-0.05, 0) is 19.0 Å². The summed E-state index contributed by atoms with van der Waals surface area (Å²) in [6.45, 7) is 5.99. The van der Waals surface area contributed by atoms with E-state index in [2.05, 4.69) is 4.99 Å². The Morgan fingerprint density at radius 2 is 2.11 bits per heavy atom. The highest BCUT2D eigenvalue weighted by Crippen LogP contribution is 2.45. The monoisotopic (exact) mass is 273 g/mol. The van der Waals surface area contributed by atoms with Crippen LogP contribution in [0.1, 0.15) is 33.1 Å². The fourth-order valence-electron chi connectivity index (χ4n) is 1.90. The van der Waals surface area contributed by atoms with E-state index in [0.29, 0.717) is 31.9 Å². The molecule has 1 heterocycles. The molecule has 1 rings (SSSR count). The standard InChI is InChI=1S/C11H19NO5Si/c1-4-10(14)15-18(3,8-6-7-12-9-13)11(5-2)16-17-11/h4-8H2,1-3H3. The maximum atomic E-state index is 11.5. The van der Waals surface area contributed by atoms with Gasteiger partial charge in [-0.1, -0.05) is 13.8 Å². The predicted molar refractivity (Wildman–Crippen MR) is 65.6 cm³/mol. The molecule has 0 aromatic rings.